The molecule has 24 heavy (non-hydrogen) atoms. The first-order chi connectivity index (χ1) is 11.8. The third-order valence-corrected chi connectivity index (χ3v) is 6.32. The van der Waals surface area contributed by atoms with E-state index < -0.39 is 0 Å². The van der Waals surface area contributed by atoms with E-state index in [0.29, 0.717) is 5.92 Å². The average Bonchev–Trinajstić information content (AvgIpc) is 3.20. The standard InChI is InChI=1S/C19H16N4S/c20-11-14-7-8-17(24-14)13-4-3-9-19(10-13)15-5-1-2-6-16(15)23-18(19)22-12-21/h1-2,5-8,13H,3-4,9-10H2,(H,22,23). The molecular weight excluding hydrogens is 316 g/mol. The first-order valence-corrected chi connectivity index (χ1v) is 8.92. The molecule has 1 aliphatic heterocycles. The van der Waals surface area contributed by atoms with Gasteiger partial charge in [0.2, 0.25) is 0 Å². The number of amidine groups is 1. The molecule has 1 aromatic heterocycles. The number of nitrogens with one attached hydrogen (secondary N) is 1. The van der Waals surface area contributed by atoms with Crippen LogP contribution in [0.2, 0.25) is 0 Å². The van der Waals surface area contributed by atoms with Crippen molar-refractivity contribution in [2.75, 3.05) is 0 Å². The summed E-state index contributed by atoms with van der Waals surface area (Å²) in [6.07, 6.45) is 6.21. The van der Waals surface area contributed by atoms with E-state index in [-0.39, 0.29) is 5.41 Å². The van der Waals surface area contributed by atoms with Gasteiger partial charge in [-0.05, 0) is 48.9 Å². The summed E-state index contributed by atoms with van der Waals surface area (Å²) in [7, 11) is 0. The molecule has 2 aromatic rings. The lowest BCUT2D eigenvalue weighted by Gasteiger charge is -2.39. The molecule has 2 unspecified atom stereocenters. The van der Waals surface area contributed by atoms with Crippen molar-refractivity contribution in [2.24, 2.45) is 4.99 Å². The minimum absolute atomic E-state index is 0.202. The SMILES string of the molecule is N#CNC1=Nc2ccccc2C12CCCC(c1ccc(C#N)s1)C2. The maximum absolute atomic E-state index is 9.16. The molecule has 1 aliphatic carbocycles. The number of fused-ring (bicyclic) bond motifs is 2. The quantitative estimate of drug-likeness (QED) is 0.624. The largest absolute Gasteiger partial charge is 0.280 e. The van der Waals surface area contributed by atoms with Gasteiger partial charge in [0.1, 0.15) is 16.8 Å². The summed E-state index contributed by atoms with van der Waals surface area (Å²) >= 11 is 1.59. The lowest BCUT2D eigenvalue weighted by atomic mass is 9.65. The van der Waals surface area contributed by atoms with Crippen LogP contribution in [0.15, 0.2) is 41.4 Å². The fraction of sp³-hybridized carbons (Fsp3) is 0.316. The van der Waals surface area contributed by atoms with E-state index in [1.165, 1.54) is 10.4 Å². The van der Waals surface area contributed by atoms with Crippen molar-refractivity contribution in [3.05, 3.63) is 51.7 Å². The smallest absolute Gasteiger partial charge is 0.182 e. The molecule has 0 bridgehead atoms. The first-order valence-electron chi connectivity index (χ1n) is 8.10. The molecule has 118 valence electrons. The number of hydrogen-bond donors (Lipinski definition) is 1. The van der Waals surface area contributed by atoms with Gasteiger partial charge in [0.25, 0.3) is 0 Å². The highest BCUT2D eigenvalue weighted by molar-refractivity contribution is 7.12. The molecule has 5 heteroatoms. The van der Waals surface area contributed by atoms with Crippen LogP contribution in [-0.2, 0) is 5.41 Å². The molecule has 2 atom stereocenters. The lowest BCUT2D eigenvalue weighted by Crippen LogP contribution is -2.43. The lowest BCUT2D eigenvalue weighted by molar-refractivity contribution is 0.343. The highest BCUT2D eigenvalue weighted by Gasteiger charge is 2.47. The molecule has 2 heterocycles. The summed E-state index contributed by atoms with van der Waals surface area (Å²) in [4.78, 5) is 6.74. The topological polar surface area (TPSA) is 72.0 Å². The molecule has 0 saturated heterocycles. The number of nitriles is 2. The molecule has 4 rings (SSSR count). The molecule has 2 aliphatic rings. The second kappa shape index (κ2) is 5.78. The molecule has 1 fully saturated rings. The normalized spacial score (nSPS) is 24.8. The monoisotopic (exact) mass is 332 g/mol. The highest BCUT2D eigenvalue weighted by Crippen LogP contribution is 2.52. The van der Waals surface area contributed by atoms with Gasteiger partial charge in [-0.2, -0.15) is 10.5 Å². The molecule has 1 aromatic carbocycles. The Hall–Kier alpha value is -2.63. The Morgan fingerprint density at radius 2 is 2.08 bits per heavy atom. The first kappa shape index (κ1) is 14.9. The highest BCUT2D eigenvalue weighted by atomic mass is 32.1. The number of hydrogen-bond acceptors (Lipinski definition) is 5. The van der Waals surface area contributed by atoms with Crippen molar-refractivity contribution in [3.63, 3.8) is 0 Å². The molecule has 1 spiro atoms. The number of thiophene rings is 1. The Labute approximate surface area is 145 Å². The van der Waals surface area contributed by atoms with Crippen LogP contribution in [0.3, 0.4) is 0 Å². The van der Waals surface area contributed by atoms with Gasteiger partial charge in [-0.1, -0.05) is 24.6 Å². The number of para-hydroxylation sites is 1. The van der Waals surface area contributed by atoms with Crippen LogP contribution in [0.1, 0.15) is 46.9 Å². The Bertz CT molecular complexity index is 899. The van der Waals surface area contributed by atoms with Crippen molar-refractivity contribution in [1.82, 2.24) is 5.32 Å². The van der Waals surface area contributed by atoms with Gasteiger partial charge >= 0.3 is 0 Å². The zero-order valence-electron chi connectivity index (χ0n) is 13.1. The van der Waals surface area contributed by atoms with E-state index in [4.69, 9.17) is 15.5 Å². The Balaban J connectivity index is 1.74. The summed E-state index contributed by atoms with van der Waals surface area (Å²) < 4.78 is 0. The molecule has 1 N–H and O–H groups in total. The van der Waals surface area contributed by atoms with Crippen LogP contribution in [-0.4, -0.2) is 5.84 Å². The maximum Gasteiger partial charge on any atom is 0.182 e. The summed E-state index contributed by atoms with van der Waals surface area (Å²) in [6, 6.07) is 14.4. The van der Waals surface area contributed by atoms with Crippen LogP contribution in [0.4, 0.5) is 5.69 Å². The molecule has 0 radical (unpaired) electrons. The average molecular weight is 332 g/mol. The van der Waals surface area contributed by atoms with E-state index in [1.807, 2.05) is 24.3 Å². The Kier molecular flexibility index (Phi) is 3.59. The van der Waals surface area contributed by atoms with E-state index in [0.717, 1.165) is 42.1 Å². The Morgan fingerprint density at radius 3 is 2.88 bits per heavy atom. The van der Waals surface area contributed by atoms with Crippen molar-refractivity contribution in [1.29, 1.82) is 10.5 Å². The predicted molar refractivity (Wildman–Crippen MR) is 94.2 cm³/mol. The third-order valence-electron chi connectivity index (χ3n) is 5.17. The number of nitrogens with zero attached hydrogens (tertiary/aromatic N) is 3. The van der Waals surface area contributed by atoms with Crippen LogP contribution in [0.25, 0.3) is 0 Å². The van der Waals surface area contributed by atoms with Gasteiger partial charge in [0.05, 0.1) is 11.1 Å². The minimum atomic E-state index is -0.202. The van der Waals surface area contributed by atoms with Crippen molar-refractivity contribution < 1.29 is 0 Å². The number of rotatable bonds is 1. The summed E-state index contributed by atoms with van der Waals surface area (Å²) in [6.45, 7) is 0. The van der Waals surface area contributed by atoms with Crippen LogP contribution < -0.4 is 5.32 Å². The van der Waals surface area contributed by atoms with Crippen molar-refractivity contribution >= 4 is 22.9 Å². The maximum atomic E-state index is 9.16. The molecular formula is C19H16N4S. The van der Waals surface area contributed by atoms with E-state index in [2.05, 4.69) is 29.7 Å². The van der Waals surface area contributed by atoms with E-state index in [9.17, 15) is 0 Å². The van der Waals surface area contributed by atoms with Gasteiger partial charge in [0, 0.05) is 4.88 Å². The van der Waals surface area contributed by atoms with E-state index in [1.54, 1.807) is 11.3 Å². The van der Waals surface area contributed by atoms with Crippen molar-refractivity contribution in [2.45, 2.75) is 37.0 Å². The second-order valence-electron chi connectivity index (χ2n) is 6.40. The Morgan fingerprint density at radius 1 is 1.21 bits per heavy atom. The fourth-order valence-electron chi connectivity index (χ4n) is 4.14. The van der Waals surface area contributed by atoms with E-state index >= 15 is 0 Å². The van der Waals surface area contributed by atoms with Gasteiger partial charge in [-0.3, -0.25) is 5.32 Å². The number of benzene rings is 1. The van der Waals surface area contributed by atoms with Crippen LogP contribution >= 0.6 is 11.3 Å². The minimum Gasteiger partial charge on any atom is -0.280 e. The zero-order chi connectivity index (χ0) is 16.6. The zero-order valence-corrected chi connectivity index (χ0v) is 13.9. The fourth-order valence-corrected chi connectivity index (χ4v) is 5.08. The molecule has 4 nitrogen and oxygen atoms in total. The molecule has 0 amide bonds. The predicted octanol–water partition coefficient (Wildman–Crippen LogP) is 4.33. The number of aliphatic imine (C=N–C) groups is 1. The summed E-state index contributed by atoms with van der Waals surface area (Å²) in [5, 5.41) is 21.1. The van der Waals surface area contributed by atoms with Gasteiger partial charge in [0.15, 0.2) is 6.19 Å². The second-order valence-corrected chi connectivity index (χ2v) is 7.52. The van der Waals surface area contributed by atoms with Crippen LogP contribution in [0, 0.1) is 22.8 Å². The van der Waals surface area contributed by atoms with Gasteiger partial charge in [-0.15, -0.1) is 11.3 Å². The summed E-state index contributed by atoms with van der Waals surface area (Å²) in [5.74, 6) is 1.19. The third kappa shape index (κ3) is 2.21. The van der Waals surface area contributed by atoms with Gasteiger partial charge < -0.3 is 0 Å². The van der Waals surface area contributed by atoms with Crippen LogP contribution in [0.5, 0.6) is 0 Å². The van der Waals surface area contributed by atoms with Gasteiger partial charge in [-0.25, -0.2) is 4.99 Å². The summed E-state index contributed by atoms with van der Waals surface area (Å²) in [5.41, 5.74) is 2.00. The van der Waals surface area contributed by atoms with Crippen molar-refractivity contribution in [3.8, 4) is 12.3 Å². The molecule has 1 saturated carbocycles.